The third kappa shape index (κ3) is 1.97. The van der Waals surface area contributed by atoms with Gasteiger partial charge in [0.1, 0.15) is 5.75 Å². The number of hydrogen-bond donors (Lipinski definition) is 1. The SMILES string of the molecule is Cc1cc([B-](F)(F)F)c(C)cc1O. The van der Waals surface area contributed by atoms with Gasteiger partial charge >= 0.3 is 6.98 Å². The molecule has 1 N–H and O–H groups in total. The summed E-state index contributed by atoms with van der Waals surface area (Å²) >= 11 is 0. The van der Waals surface area contributed by atoms with Crippen LogP contribution in [-0.2, 0) is 0 Å². The van der Waals surface area contributed by atoms with Crippen molar-refractivity contribution in [1.29, 1.82) is 0 Å². The predicted molar refractivity (Wildman–Crippen MR) is 46.3 cm³/mol. The van der Waals surface area contributed by atoms with E-state index in [1.807, 2.05) is 0 Å². The van der Waals surface area contributed by atoms with Crippen LogP contribution in [0.2, 0.25) is 0 Å². The lowest BCUT2D eigenvalue weighted by Gasteiger charge is -2.18. The maximum Gasteiger partial charge on any atom is 0.509 e. The van der Waals surface area contributed by atoms with Crippen LogP contribution in [0.1, 0.15) is 11.1 Å². The quantitative estimate of drug-likeness (QED) is 0.670. The molecule has 0 radical (unpaired) electrons. The summed E-state index contributed by atoms with van der Waals surface area (Å²) in [4.78, 5) is 0. The third-order valence-corrected chi connectivity index (χ3v) is 1.94. The maximum absolute atomic E-state index is 12.3. The molecule has 1 aromatic carbocycles. The highest BCUT2D eigenvalue weighted by Gasteiger charge is 2.27. The van der Waals surface area contributed by atoms with E-state index < -0.39 is 12.4 Å². The van der Waals surface area contributed by atoms with Crippen molar-refractivity contribution in [3.05, 3.63) is 23.3 Å². The van der Waals surface area contributed by atoms with Crippen molar-refractivity contribution in [2.45, 2.75) is 13.8 Å². The standard InChI is InChI=1S/C8H9BF3O/c1-5-4-8(13)6(2)3-7(5)9(10,11)12/h3-4,13H,1-2H3/q-1. The van der Waals surface area contributed by atoms with E-state index in [1.165, 1.54) is 13.8 Å². The molecule has 5 heteroatoms. The smallest absolute Gasteiger partial charge is 0.508 e. The molecule has 0 bridgehead atoms. The van der Waals surface area contributed by atoms with Gasteiger partial charge in [-0.1, -0.05) is 11.6 Å². The van der Waals surface area contributed by atoms with Crippen LogP contribution in [0.4, 0.5) is 12.9 Å². The molecular formula is C8H9BF3O-. The van der Waals surface area contributed by atoms with Crippen molar-refractivity contribution < 1.29 is 18.1 Å². The molecule has 1 aromatic rings. The van der Waals surface area contributed by atoms with Crippen LogP contribution in [0.3, 0.4) is 0 Å². The highest BCUT2D eigenvalue weighted by molar-refractivity contribution is 6.74. The molecule has 0 amide bonds. The minimum atomic E-state index is -4.97. The molecule has 13 heavy (non-hydrogen) atoms. The lowest BCUT2D eigenvalue weighted by Crippen LogP contribution is -2.36. The Morgan fingerprint density at radius 2 is 1.62 bits per heavy atom. The van der Waals surface area contributed by atoms with Crippen molar-refractivity contribution >= 4 is 12.4 Å². The summed E-state index contributed by atoms with van der Waals surface area (Å²) in [6.07, 6.45) is 0. The lowest BCUT2D eigenvalue weighted by atomic mass is 9.76. The van der Waals surface area contributed by atoms with Gasteiger partial charge in [0.2, 0.25) is 0 Å². The molecule has 0 heterocycles. The maximum atomic E-state index is 12.3. The normalized spacial score (nSPS) is 11.8. The number of halogens is 3. The summed E-state index contributed by atoms with van der Waals surface area (Å²) in [5.41, 5.74) is -0.314. The summed E-state index contributed by atoms with van der Waals surface area (Å²) in [6, 6.07) is 2.12. The van der Waals surface area contributed by atoms with E-state index >= 15 is 0 Å². The Morgan fingerprint density at radius 3 is 2.08 bits per heavy atom. The lowest BCUT2D eigenvalue weighted by molar-refractivity contribution is 0.470. The van der Waals surface area contributed by atoms with E-state index in [1.54, 1.807) is 0 Å². The van der Waals surface area contributed by atoms with Crippen LogP contribution in [-0.4, -0.2) is 12.1 Å². The fourth-order valence-electron chi connectivity index (χ4n) is 1.18. The fraction of sp³-hybridized carbons (Fsp3) is 0.250. The van der Waals surface area contributed by atoms with Gasteiger partial charge in [-0.25, -0.2) is 0 Å². The number of phenolic OH excluding ortho intramolecular Hbond substituents is 1. The largest absolute Gasteiger partial charge is 0.509 e. The summed E-state index contributed by atoms with van der Waals surface area (Å²) in [5, 5.41) is 9.13. The van der Waals surface area contributed by atoms with Crippen LogP contribution in [0.15, 0.2) is 12.1 Å². The first-order valence-corrected chi connectivity index (χ1v) is 3.82. The number of hydrogen-bond acceptors (Lipinski definition) is 1. The van der Waals surface area contributed by atoms with Crippen LogP contribution in [0.5, 0.6) is 5.75 Å². The Morgan fingerprint density at radius 1 is 1.08 bits per heavy atom. The van der Waals surface area contributed by atoms with Crippen LogP contribution in [0, 0.1) is 13.8 Å². The Bertz CT molecular complexity index is 333. The molecule has 1 rings (SSSR count). The molecule has 0 unspecified atom stereocenters. The van der Waals surface area contributed by atoms with Gasteiger partial charge < -0.3 is 18.1 Å². The van der Waals surface area contributed by atoms with Crippen molar-refractivity contribution in [2.75, 3.05) is 0 Å². The van der Waals surface area contributed by atoms with Crippen molar-refractivity contribution in [3.8, 4) is 5.75 Å². The first-order chi connectivity index (χ1) is 5.82. The fourth-order valence-corrected chi connectivity index (χ4v) is 1.18. The second-order valence-corrected chi connectivity index (χ2v) is 3.07. The van der Waals surface area contributed by atoms with Gasteiger partial charge in [0.05, 0.1) is 0 Å². The van der Waals surface area contributed by atoms with Gasteiger partial charge in [-0.15, -0.1) is 5.46 Å². The van der Waals surface area contributed by atoms with Gasteiger partial charge in [0, 0.05) is 0 Å². The van der Waals surface area contributed by atoms with E-state index in [4.69, 9.17) is 5.11 Å². The van der Waals surface area contributed by atoms with Crippen LogP contribution >= 0.6 is 0 Å². The number of aryl methyl sites for hydroxylation is 2. The Balaban J connectivity index is 3.32. The average molecular weight is 189 g/mol. The third-order valence-electron chi connectivity index (χ3n) is 1.94. The number of phenols is 1. The van der Waals surface area contributed by atoms with E-state index in [0.29, 0.717) is 0 Å². The Kier molecular flexibility index (Phi) is 2.28. The van der Waals surface area contributed by atoms with Gasteiger partial charge in [0.25, 0.3) is 0 Å². The van der Waals surface area contributed by atoms with Gasteiger partial charge in [0.15, 0.2) is 0 Å². The molecule has 0 aromatic heterocycles. The second-order valence-electron chi connectivity index (χ2n) is 3.07. The highest BCUT2D eigenvalue weighted by atomic mass is 19.4. The molecule has 0 fully saturated rings. The molecule has 0 saturated carbocycles. The van der Waals surface area contributed by atoms with Crippen LogP contribution in [0.25, 0.3) is 0 Å². The topological polar surface area (TPSA) is 20.2 Å². The molecule has 1 nitrogen and oxygen atoms in total. The van der Waals surface area contributed by atoms with Crippen molar-refractivity contribution in [2.24, 2.45) is 0 Å². The Hall–Kier alpha value is -1.13. The van der Waals surface area contributed by atoms with E-state index in [9.17, 15) is 12.9 Å². The monoisotopic (exact) mass is 189 g/mol. The number of rotatable bonds is 1. The first kappa shape index (κ1) is 9.96. The Labute approximate surface area is 74.3 Å². The van der Waals surface area contributed by atoms with E-state index in [2.05, 4.69) is 0 Å². The van der Waals surface area contributed by atoms with E-state index in [0.717, 1.165) is 12.1 Å². The minimum absolute atomic E-state index is 0.0654. The van der Waals surface area contributed by atoms with Crippen molar-refractivity contribution in [3.63, 3.8) is 0 Å². The highest BCUT2D eigenvalue weighted by Crippen LogP contribution is 2.20. The minimum Gasteiger partial charge on any atom is -0.508 e. The van der Waals surface area contributed by atoms with Gasteiger partial charge in [-0.3, -0.25) is 0 Å². The van der Waals surface area contributed by atoms with E-state index in [-0.39, 0.29) is 16.9 Å². The summed E-state index contributed by atoms with van der Waals surface area (Å²) in [5.74, 6) is -0.0960. The molecule has 0 aliphatic heterocycles. The van der Waals surface area contributed by atoms with Crippen molar-refractivity contribution in [1.82, 2.24) is 0 Å². The zero-order valence-electron chi connectivity index (χ0n) is 7.31. The number of benzene rings is 1. The predicted octanol–water partition coefficient (Wildman–Crippen LogP) is 2.06. The zero-order chi connectivity index (χ0) is 10.2. The first-order valence-electron chi connectivity index (χ1n) is 3.82. The summed E-state index contributed by atoms with van der Waals surface area (Å²) < 4.78 is 37.0. The van der Waals surface area contributed by atoms with Gasteiger partial charge in [-0.2, -0.15) is 0 Å². The summed E-state index contributed by atoms with van der Waals surface area (Å²) in [6.45, 7) is -2.19. The average Bonchev–Trinajstić information content (AvgIpc) is 1.94. The molecule has 0 aliphatic rings. The molecule has 0 saturated heterocycles. The molecule has 0 atom stereocenters. The van der Waals surface area contributed by atoms with Crippen LogP contribution < -0.4 is 5.46 Å². The van der Waals surface area contributed by atoms with Gasteiger partial charge in [-0.05, 0) is 25.5 Å². The second kappa shape index (κ2) is 2.98. The zero-order valence-corrected chi connectivity index (χ0v) is 7.31. The molecular weight excluding hydrogens is 180 g/mol. The molecule has 72 valence electrons. The summed E-state index contributed by atoms with van der Waals surface area (Å²) in [7, 11) is 0. The molecule has 0 spiro atoms. The number of aromatic hydroxyl groups is 1. The molecule has 0 aliphatic carbocycles.